The maximum atomic E-state index is 10.6. The van der Waals surface area contributed by atoms with Crippen LogP contribution in [0.2, 0.25) is 4.47 Å². The van der Waals surface area contributed by atoms with Gasteiger partial charge in [-0.2, -0.15) is 0 Å². The molecule has 0 spiro atoms. The second-order valence-corrected chi connectivity index (χ2v) is 5.95. The summed E-state index contributed by atoms with van der Waals surface area (Å²) in [5.74, 6) is 0.340. The summed E-state index contributed by atoms with van der Waals surface area (Å²) >= 11 is 7.14. The number of halogens is 1. The summed E-state index contributed by atoms with van der Waals surface area (Å²) in [7, 11) is 3.71. The minimum atomic E-state index is -0.677. The smallest absolute Gasteiger partial charge is 0.276 e. The lowest BCUT2D eigenvalue weighted by Crippen LogP contribution is -2.55. The van der Waals surface area contributed by atoms with Crippen LogP contribution in [0, 0.1) is 10.1 Å². The van der Waals surface area contributed by atoms with Crippen molar-refractivity contribution in [2.24, 2.45) is 5.10 Å². The fourth-order valence-electron chi connectivity index (χ4n) is 1.94. The van der Waals surface area contributed by atoms with Crippen LogP contribution in [0.1, 0.15) is 4.88 Å². The van der Waals surface area contributed by atoms with Gasteiger partial charge in [-0.3, -0.25) is 4.90 Å². The minimum Gasteiger partial charge on any atom is -0.328 e. The number of thiazole rings is 1. The summed E-state index contributed by atoms with van der Waals surface area (Å²) in [5, 5.41) is 13.4. The van der Waals surface area contributed by atoms with Crippen molar-refractivity contribution >= 4 is 28.9 Å². The molecule has 10 heteroatoms. The molecule has 104 valence electrons. The van der Waals surface area contributed by atoms with E-state index in [1.807, 2.05) is 16.8 Å². The summed E-state index contributed by atoms with van der Waals surface area (Å²) in [4.78, 5) is 21.1. The molecule has 0 radical (unpaired) electrons. The lowest BCUT2D eigenvalue weighted by Gasteiger charge is -2.39. The number of hydrogen-bond acceptors (Lipinski definition) is 5. The van der Waals surface area contributed by atoms with Gasteiger partial charge in [-0.25, -0.2) is 15.1 Å². The Morgan fingerprint density at radius 1 is 1.58 bits per heavy atom. The third-order valence-electron chi connectivity index (χ3n) is 2.53. The molecule has 1 aliphatic rings. The van der Waals surface area contributed by atoms with Crippen molar-refractivity contribution in [3.05, 3.63) is 25.7 Å². The molecule has 0 aromatic carbocycles. The van der Waals surface area contributed by atoms with E-state index in [0.29, 0.717) is 30.3 Å². The third-order valence-corrected chi connectivity index (χ3v) is 3.63. The monoisotopic (exact) mass is 304 g/mol. The fourth-order valence-corrected chi connectivity index (χ4v) is 2.94. The SMILES string of the molecule is CN1CN(C)/C(=N/[N+](=O)[O-])N(Cc2cnc(Cl)s2)C1. The van der Waals surface area contributed by atoms with Gasteiger partial charge in [0.05, 0.1) is 19.9 Å². The van der Waals surface area contributed by atoms with E-state index in [0.717, 1.165) is 4.88 Å². The Kier molecular flexibility index (Phi) is 4.17. The lowest BCUT2D eigenvalue weighted by atomic mass is 10.4. The van der Waals surface area contributed by atoms with E-state index in [9.17, 15) is 10.1 Å². The van der Waals surface area contributed by atoms with E-state index < -0.39 is 5.03 Å². The Hall–Kier alpha value is -1.45. The van der Waals surface area contributed by atoms with Gasteiger partial charge in [0.1, 0.15) is 5.10 Å². The zero-order valence-corrected chi connectivity index (χ0v) is 12.1. The molecule has 1 aromatic rings. The summed E-state index contributed by atoms with van der Waals surface area (Å²) in [6.45, 7) is 1.64. The molecule has 0 saturated carbocycles. The van der Waals surface area contributed by atoms with Crippen molar-refractivity contribution in [2.45, 2.75) is 6.54 Å². The van der Waals surface area contributed by atoms with Gasteiger partial charge in [-0.05, 0) is 7.05 Å². The highest BCUT2D eigenvalue weighted by molar-refractivity contribution is 7.15. The number of hydrogen-bond donors (Lipinski definition) is 0. The van der Waals surface area contributed by atoms with Crippen LogP contribution in [0.15, 0.2) is 11.3 Å². The molecular weight excluding hydrogens is 292 g/mol. The highest BCUT2D eigenvalue weighted by atomic mass is 35.5. The van der Waals surface area contributed by atoms with E-state index in [1.54, 1.807) is 18.1 Å². The third kappa shape index (κ3) is 3.52. The lowest BCUT2D eigenvalue weighted by molar-refractivity contribution is -0.486. The maximum Gasteiger partial charge on any atom is 0.276 e. The van der Waals surface area contributed by atoms with Crippen LogP contribution >= 0.6 is 22.9 Å². The van der Waals surface area contributed by atoms with Crippen LogP contribution in [-0.4, -0.2) is 58.1 Å². The van der Waals surface area contributed by atoms with Crippen molar-refractivity contribution in [3.63, 3.8) is 0 Å². The van der Waals surface area contributed by atoms with Crippen molar-refractivity contribution < 1.29 is 5.03 Å². The number of nitro groups is 1. The van der Waals surface area contributed by atoms with Crippen LogP contribution < -0.4 is 0 Å². The van der Waals surface area contributed by atoms with E-state index >= 15 is 0 Å². The highest BCUT2D eigenvalue weighted by Gasteiger charge is 2.27. The van der Waals surface area contributed by atoms with Gasteiger partial charge < -0.3 is 9.80 Å². The van der Waals surface area contributed by atoms with E-state index in [-0.39, 0.29) is 0 Å². The van der Waals surface area contributed by atoms with Crippen molar-refractivity contribution in [2.75, 3.05) is 27.4 Å². The van der Waals surface area contributed by atoms with Crippen LogP contribution in [-0.2, 0) is 6.54 Å². The maximum absolute atomic E-state index is 10.6. The Bertz CT molecular complexity index is 507. The number of guanidine groups is 1. The summed E-state index contributed by atoms with van der Waals surface area (Å²) < 4.78 is 0.460. The molecule has 0 bridgehead atoms. The Morgan fingerprint density at radius 3 is 2.89 bits per heavy atom. The minimum absolute atomic E-state index is 0.340. The fraction of sp³-hybridized carbons (Fsp3) is 0.556. The number of hydrazone groups is 1. The Morgan fingerprint density at radius 2 is 2.32 bits per heavy atom. The molecule has 0 amide bonds. The first-order valence-corrected chi connectivity index (χ1v) is 6.63. The first-order chi connectivity index (χ1) is 8.95. The number of aromatic nitrogens is 1. The zero-order chi connectivity index (χ0) is 14.0. The predicted molar refractivity (Wildman–Crippen MR) is 72.4 cm³/mol. The molecule has 1 aliphatic heterocycles. The second-order valence-electron chi connectivity index (χ2n) is 4.25. The van der Waals surface area contributed by atoms with E-state index in [4.69, 9.17) is 11.6 Å². The quantitative estimate of drug-likeness (QED) is 0.611. The molecule has 2 rings (SSSR count). The van der Waals surface area contributed by atoms with Crippen LogP contribution in [0.25, 0.3) is 0 Å². The first kappa shape index (κ1) is 14.0. The molecule has 19 heavy (non-hydrogen) atoms. The molecule has 1 saturated heterocycles. The molecule has 0 aliphatic carbocycles. The van der Waals surface area contributed by atoms with Crippen LogP contribution in [0.5, 0.6) is 0 Å². The van der Waals surface area contributed by atoms with Crippen molar-refractivity contribution in [1.82, 2.24) is 19.7 Å². The highest BCUT2D eigenvalue weighted by Crippen LogP contribution is 2.21. The molecule has 0 atom stereocenters. The molecule has 2 heterocycles. The van der Waals surface area contributed by atoms with Gasteiger partial charge in [0.15, 0.2) is 9.50 Å². The standard InChI is InChI=1S/C9H13ClN6O2S/c1-13-5-14(2)9(12-16(17)18)15(6-13)4-7-3-11-8(10)19-7/h3H,4-6H2,1-2H3/b12-9-. The summed E-state index contributed by atoms with van der Waals surface area (Å²) in [6.07, 6.45) is 1.67. The zero-order valence-electron chi connectivity index (χ0n) is 10.5. The number of rotatable bonds is 3. The van der Waals surface area contributed by atoms with E-state index in [1.165, 1.54) is 11.3 Å². The summed E-state index contributed by atoms with van der Waals surface area (Å²) in [5.41, 5.74) is 0. The first-order valence-electron chi connectivity index (χ1n) is 5.43. The van der Waals surface area contributed by atoms with Crippen LogP contribution in [0.3, 0.4) is 0 Å². The Balaban J connectivity index is 2.20. The number of nitrogens with zero attached hydrogens (tertiary/aromatic N) is 6. The second kappa shape index (κ2) is 5.68. The molecule has 8 nitrogen and oxygen atoms in total. The normalized spacial score (nSPS) is 19.2. The van der Waals surface area contributed by atoms with Gasteiger partial charge >= 0.3 is 0 Å². The summed E-state index contributed by atoms with van der Waals surface area (Å²) in [6, 6.07) is 0. The molecule has 1 aromatic heterocycles. The van der Waals surface area contributed by atoms with Gasteiger partial charge in [-0.1, -0.05) is 11.6 Å². The molecular formula is C9H13ClN6O2S. The van der Waals surface area contributed by atoms with Gasteiger partial charge in [0, 0.05) is 18.1 Å². The van der Waals surface area contributed by atoms with Gasteiger partial charge in [0.25, 0.3) is 5.96 Å². The molecule has 0 N–H and O–H groups in total. The predicted octanol–water partition coefficient (Wildman–Crippen LogP) is 0.938. The van der Waals surface area contributed by atoms with E-state index in [2.05, 4.69) is 10.1 Å². The topological polar surface area (TPSA) is 78.1 Å². The van der Waals surface area contributed by atoms with Crippen molar-refractivity contribution in [3.8, 4) is 0 Å². The molecule has 1 fully saturated rings. The van der Waals surface area contributed by atoms with Crippen molar-refractivity contribution in [1.29, 1.82) is 0 Å². The van der Waals surface area contributed by atoms with Crippen LogP contribution in [0.4, 0.5) is 0 Å². The average Bonchev–Trinajstić information content (AvgIpc) is 2.69. The molecule has 0 unspecified atom stereocenters. The van der Waals surface area contributed by atoms with Gasteiger partial charge in [-0.15, -0.1) is 11.3 Å². The average molecular weight is 305 g/mol. The largest absolute Gasteiger partial charge is 0.328 e. The van der Waals surface area contributed by atoms with Gasteiger partial charge in [0.2, 0.25) is 0 Å². The Labute approximate surface area is 119 Å².